The topological polar surface area (TPSA) is 109 Å². The van der Waals surface area contributed by atoms with Crippen LogP contribution < -0.4 is 4.90 Å². The van der Waals surface area contributed by atoms with Crippen molar-refractivity contribution in [1.82, 2.24) is 4.31 Å². The fourth-order valence-corrected chi connectivity index (χ4v) is 5.85. The van der Waals surface area contributed by atoms with Crippen molar-refractivity contribution in [1.29, 1.82) is 0 Å². The number of amides is 2. The Hall–Kier alpha value is -1.78. The Morgan fingerprint density at radius 2 is 1.48 bits per heavy atom. The van der Waals surface area contributed by atoms with Gasteiger partial charge in [0.1, 0.15) is 0 Å². The van der Waals surface area contributed by atoms with Gasteiger partial charge >= 0.3 is 0 Å². The second-order valence-corrected chi connectivity index (χ2v) is 10.5. The highest BCUT2D eigenvalue weighted by Gasteiger charge is 2.42. The number of sulfone groups is 1. The average molecular weight is 386 g/mol. The van der Waals surface area contributed by atoms with Gasteiger partial charge in [-0.1, -0.05) is 6.92 Å². The number of carbonyl (C=O) groups excluding carboxylic acids is 2. The van der Waals surface area contributed by atoms with Crippen LogP contribution in [0.3, 0.4) is 0 Å². The van der Waals surface area contributed by atoms with Crippen molar-refractivity contribution in [3.05, 3.63) is 24.3 Å². The maximum absolute atomic E-state index is 12.5. The smallest absolute Gasteiger partial charge is 0.243 e. The number of nitrogens with zero attached hydrogens (tertiary/aromatic N) is 2. The third kappa shape index (κ3) is 3.09. The van der Waals surface area contributed by atoms with Crippen molar-refractivity contribution in [2.24, 2.45) is 0 Å². The van der Waals surface area contributed by atoms with E-state index in [0.29, 0.717) is 5.69 Å². The van der Waals surface area contributed by atoms with Crippen LogP contribution in [0.15, 0.2) is 29.2 Å². The highest BCUT2D eigenvalue weighted by atomic mass is 32.2. The van der Waals surface area contributed by atoms with Crippen LogP contribution >= 0.6 is 0 Å². The van der Waals surface area contributed by atoms with E-state index in [0.717, 1.165) is 9.21 Å². The van der Waals surface area contributed by atoms with Crippen LogP contribution in [-0.2, 0) is 29.4 Å². The van der Waals surface area contributed by atoms with Crippen molar-refractivity contribution >= 4 is 37.4 Å². The van der Waals surface area contributed by atoms with Gasteiger partial charge in [-0.05, 0) is 24.3 Å². The normalized spacial score (nSPS) is 20.1. The molecule has 0 unspecified atom stereocenters. The number of carbonyl (C=O) groups is 2. The van der Waals surface area contributed by atoms with Crippen LogP contribution in [0.5, 0.6) is 0 Å². The highest BCUT2D eigenvalue weighted by Crippen LogP contribution is 2.28. The molecule has 10 heteroatoms. The number of rotatable bonds is 5. The second kappa shape index (κ2) is 6.19. The van der Waals surface area contributed by atoms with E-state index in [1.807, 2.05) is 0 Å². The van der Waals surface area contributed by atoms with Crippen LogP contribution in [0.1, 0.15) is 19.8 Å². The second-order valence-electron chi connectivity index (χ2n) is 6.01. The first kappa shape index (κ1) is 18.0. The Morgan fingerprint density at radius 1 is 0.960 bits per heavy atom. The molecule has 0 aromatic heterocycles. The molecular formula is C15H18N2O6S2. The zero-order chi connectivity index (χ0) is 18.4. The lowest BCUT2D eigenvalue weighted by Crippen LogP contribution is -2.57. The van der Waals surface area contributed by atoms with E-state index >= 15 is 0 Å². The Kier molecular flexibility index (Phi) is 4.46. The van der Waals surface area contributed by atoms with Crippen LogP contribution in [-0.4, -0.2) is 57.0 Å². The first-order valence-electron chi connectivity index (χ1n) is 7.84. The largest absolute Gasteiger partial charge is 0.274 e. The van der Waals surface area contributed by atoms with Crippen molar-refractivity contribution in [3.63, 3.8) is 0 Å². The van der Waals surface area contributed by atoms with Gasteiger partial charge in [0.2, 0.25) is 21.8 Å². The Balaban J connectivity index is 1.76. The van der Waals surface area contributed by atoms with Crippen LogP contribution in [0, 0.1) is 0 Å². The number of imide groups is 1. The standard InChI is InChI=1S/C15H18N2O6S2/c1-2-24(20,21)13-9-16(10-13)25(22,23)12-5-3-11(4-6-12)17-14(18)7-8-15(17)19/h3-6,13H,2,7-10H2,1H3. The molecule has 0 radical (unpaired) electrons. The fraction of sp³-hybridized carbons (Fsp3) is 0.467. The van der Waals surface area contributed by atoms with Gasteiger partial charge < -0.3 is 0 Å². The molecule has 2 heterocycles. The monoisotopic (exact) mass is 386 g/mol. The summed E-state index contributed by atoms with van der Waals surface area (Å²) >= 11 is 0. The van der Waals surface area contributed by atoms with Crippen molar-refractivity contribution in [2.45, 2.75) is 29.9 Å². The summed E-state index contributed by atoms with van der Waals surface area (Å²) in [6.07, 6.45) is 0.305. The molecule has 0 spiro atoms. The minimum Gasteiger partial charge on any atom is -0.274 e. The molecule has 0 N–H and O–H groups in total. The number of sulfonamides is 1. The van der Waals surface area contributed by atoms with Crippen molar-refractivity contribution < 1.29 is 26.4 Å². The van der Waals surface area contributed by atoms with E-state index in [9.17, 15) is 26.4 Å². The summed E-state index contributed by atoms with van der Waals surface area (Å²) in [6, 6.07) is 5.47. The summed E-state index contributed by atoms with van der Waals surface area (Å²) in [4.78, 5) is 24.5. The lowest BCUT2D eigenvalue weighted by atomic mass is 10.3. The fourth-order valence-electron chi connectivity index (χ4n) is 2.84. The lowest BCUT2D eigenvalue weighted by molar-refractivity contribution is -0.121. The van der Waals surface area contributed by atoms with E-state index in [4.69, 9.17) is 0 Å². The summed E-state index contributed by atoms with van der Waals surface area (Å²) in [6.45, 7) is 1.43. The molecule has 1 aromatic carbocycles. The summed E-state index contributed by atoms with van der Waals surface area (Å²) in [5, 5.41) is -0.661. The molecular weight excluding hydrogens is 368 g/mol. The molecule has 2 saturated heterocycles. The molecule has 8 nitrogen and oxygen atoms in total. The van der Waals surface area contributed by atoms with E-state index in [2.05, 4.69) is 0 Å². The molecule has 25 heavy (non-hydrogen) atoms. The molecule has 2 fully saturated rings. The molecule has 2 aliphatic heterocycles. The molecule has 136 valence electrons. The summed E-state index contributed by atoms with van der Waals surface area (Å²) in [5.41, 5.74) is 0.335. The lowest BCUT2D eigenvalue weighted by Gasteiger charge is -2.37. The molecule has 2 aliphatic rings. The molecule has 1 aromatic rings. The predicted molar refractivity (Wildman–Crippen MR) is 90.2 cm³/mol. The van der Waals surface area contributed by atoms with Gasteiger partial charge in [0.15, 0.2) is 9.84 Å². The van der Waals surface area contributed by atoms with Crippen LogP contribution in [0.2, 0.25) is 0 Å². The molecule has 0 aliphatic carbocycles. The average Bonchev–Trinajstić information content (AvgIpc) is 2.84. The van der Waals surface area contributed by atoms with E-state index < -0.39 is 25.1 Å². The van der Waals surface area contributed by atoms with Gasteiger partial charge in [-0.25, -0.2) is 16.8 Å². The van der Waals surface area contributed by atoms with Crippen LogP contribution in [0.25, 0.3) is 0 Å². The third-order valence-corrected chi connectivity index (χ3v) is 8.47. The number of benzene rings is 1. The number of anilines is 1. The summed E-state index contributed by atoms with van der Waals surface area (Å²) in [5.74, 6) is -0.634. The minimum absolute atomic E-state index is 0.00249. The Bertz CT molecular complexity index is 899. The molecule has 0 bridgehead atoms. The van der Waals surface area contributed by atoms with Gasteiger partial charge in [-0.15, -0.1) is 0 Å². The van der Waals surface area contributed by atoms with Crippen molar-refractivity contribution in [3.8, 4) is 0 Å². The zero-order valence-electron chi connectivity index (χ0n) is 13.6. The summed E-state index contributed by atoms with van der Waals surface area (Å²) in [7, 11) is -7.05. The number of hydrogen-bond donors (Lipinski definition) is 0. The van der Waals surface area contributed by atoms with E-state index in [1.165, 1.54) is 31.2 Å². The number of hydrogen-bond acceptors (Lipinski definition) is 6. The Morgan fingerprint density at radius 3 is 1.96 bits per heavy atom. The molecule has 3 rings (SSSR count). The first-order chi connectivity index (χ1) is 11.7. The minimum atomic E-state index is -3.79. The Labute approximate surface area is 146 Å². The van der Waals surface area contributed by atoms with Gasteiger partial charge in [0.05, 0.1) is 15.8 Å². The quantitative estimate of drug-likeness (QED) is 0.666. The molecule has 0 saturated carbocycles. The van der Waals surface area contributed by atoms with Gasteiger partial charge in [-0.3, -0.25) is 14.5 Å². The van der Waals surface area contributed by atoms with Gasteiger partial charge in [0.25, 0.3) is 0 Å². The van der Waals surface area contributed by atoms with Crippen LogP contribution in [0.4, 0.5) is 5.69 Å². The highest BCUT2D eigenvalue weighted by molar-refractivity contribution is 7.92. The van der Waals surface area contributed by atoms with E-state index in [1.54, 1.807) is 0 Å². The zero-order valence-corrected chi connectivity index (χ0v) is 15.2. The molecule has 0 atom stereocenters. The first-order valence-corrected chi connectivity index (χ1v) is 11.0. The van der Waals surface area contributed by atoms with Gasteiger partial charge in [-0.2, -0.15) is 4.31 Å². The molecule has 2 amide bonds. The summed E-state index contributed by atoms with van der Waals surface area (Å²) < 4.78 is 49.7. The van der Waals surface area contributed by atoms with Gasteiger partial charge in [0, 0.05) is 31.7 Å². The third-order valence-electron chi connectivity index (χ3n) is 4.51. The predicted octanol–water partition coefficient (Wildman–Crippen LogP) is 0.148. The maximum atomic E-state index is 12.5. The maximum Gasteiger partial charge on any atom is 0.243 e. The van der Waals surface area contributed by atoms with E-state index in [-0.39, 0.29) is 48.4 Å². The van der Waals surface area contributed by atoms with Crippen molar-refractivity contribution in [2.75, 3.05) is 23.7 Å². The SMILES string of the molecule is CCS(=O)(=O)C1CN(S(=O)(=O)c2ccc(N3C(=O)CCC3=O)cc2)C1.